The molecule has 1 fully saturated rings. The summed E-state index contributed by atoms with van der Waals surface area (Å²) in [5.74, 6) is -0.456. The average Bonchev–Trinajstić information content (AvgIpc) is 2.64. The van der Waals surface area contributed by atoms with Crippen molar-refractivity contribution in [3.05, 3.63) is 63.8 Å². The molecular formula is C19H15F3I3NO2. The van der Waals surface area contributed by atoms with Gasteiger partial charge in [0, 0.05) is 23.6 Å². The summed E-state index contributed by atoms with van der Waals surface area (Å²) in [6.07, 6.45) is -3.40. The number of hydrogen-bond acceptors (Lipinski definition) is 3. The van der Waals surface area contributed by atoms with Crippen molar-refractivity contribution in [3.63, 3.8) is 0 Å². The Morgan fingerprint density at radius 1 is 1.04 bits per heavy atom. The summed E-state index contributed by atoms with van der Waals surface area (Å²) in [5.41, 5.74) is -0.594. The van der Waals surface area contributed by atoms with Gasteiger partial charge in [-0.1, -0.05) is 12.1 Å². The van der Waals surface area contributed by atoms with Crippen LogP contribution in [0.15, 0.2) is 36.4 Å². The number of hydrogen-bond donors (Lipinski definition) is 1. The Balaban J connectivity index is 1.95. The number of esters is 1. The molecule has 3 rings (SSSR count). The maximum atomic E-state index is 13.0. The Labute approximate surface area is 201 Å². The van der Waals surface area contributed by atoms with Crippen LogP contribution in [0.4, 0.5) is 13.2 Å². The number of benzene rings is 2. The highest BCUT2D eigenvalue weighted by molar-refractivity contribution is 14.1. The molecule has 3 nitrogen and oxygen atoms in total. The molecule has 0 aliphatic carbocycles. The highest BCUT2D eigenvalue weighted by Gasteiger charge is 2.39. The van der Waals surface area contributed by atoms with Crippen molar-refractivity contribution in [1.29, 1.82) is 0 Å². The number of nitrogens with one attached hydrogen (secondary N) is 1. The monoisotopic (exact) mass is 727 g/mol. The van der Waals surface area contributed by atoms with E-state index in [1.807, 2.05) is 6.07 Å². The standard InChI is InChI=1S/C19H15F3I3NO2/c20-19(21,22)12-3-1-11(2-4-12)18(5-7-26-8-6-18)28-17(27)14-9-13(23)10-15(24)16(14)25/h1-4,9-10,26H,5-8H2. The summed E-state index contributed by atoms with van der Waals surface area (Å²) in [6.45, 7) is 1.24. The van der Waals surface area contributed by atoms with Crippen LogP contribution in [0.3, 0.4) is 0 Å². The fraction of sp³-hybridized carbons (Fsp3) is 0.316. The Bertz CT molecular complexity index is 879. The largest absolute Gasteiger partial charge is 0.450 e. The van der Waals surface area contributed by atoms with Gasteiger partial charge in [0.25, 0.3) is 0 Å². The second-order valence-corrected chi connectivity index (χ2v) is 9.94. The van der Waals surface area contributed by atoms with Crippen LogP contribution >= 0.6 is 67.8 Å². The minimum atomic E-state index is -4.40. The molecule has 28 heavy (non-hydrogen) atoms. The molecule has 0 aromatic heterocycles. The van der Waals surface area contributed by atoms with E-state index >= 15 is 0 Å². The molecule has 0 atom stereocenters. The summed E-state index contributed by atoms with van der Waals surface area (Å²) in [4.78, 5) is 13.0. The molecular weight excluding hydrogens is 712 g/mol. The second-order valence-electron chi connectivity index (χ2n) is 6.46. The van der Waals surface area contributed by atoms with Gasteiger partial charge in [-0.05, 0) is 111 Å². The molecule has 0 bridgehead atoms. The van der Waals surface area contributed by atoms with Crippen molar-refractivity contribution in [2.75, 3.05) is 13.1 Å². The first-order valence-electron chi connectivity index (χ1n) is 8.39. The summed E-state index contributed by atoms with van der Waals surface area (Å²) in [6, 6.07) is 8.68. The van der Waals surface area contributed by atoms with E-state index in [9.17, 15) is 18.0 Å². The average molecular weight is 727 g/mol. The maximum Gasteiger partial charge on any atom is 0.416 e. The van der Waals surface area contributed by atoms with Gasteiger partial charge in [0.05, 0.1) is 11.1 Å². The van der Waals surface area contributed by atoms with Crippen molar-refractivity contribution in [3.8, 4) is 0 Å². The quantitative estimate of drug-likeness (QED) is 0.242. The lowest BCUT2D eigenvalue weighted by Gasteiger charge is -2.37. The lowest BCUT2D eigenvalue weighted by Crippen LogP contribution is -2.43. The molecule has 1 saturated heterocycles. The number of carbonyl (C=O) groups is 1. The van der Waals surface area contributed by atoms with Crippen molar-refractivity contribution < 1.29 is 22.7 Å². The van der Waals surface area contributed by atoms with Gasteiger partial charge in [-0.15, -0.1) is 0 Å². The predicted molar refractivity (Wildman–Crippen MR) is 125 cm³/mol. The smallest absolute Gasteiger partial charge is 0.416 e. The number of rotatable bonds is 3. The molecule has 0 spiro atoms. The van der Waals surface area contributed by atoms with E-state index in [1.54, 1.807) is 6.07 Å². The number of piperidine rings is 1. The molecule has 0 amide bonds. The Morgan fingerprint density at radius 3 is 2.21 bits per heavy atom. The summed E-state index contributed by atoms with van der Waals surface area (Å²) < 4.78 is 47.4. The van der Waals surface area contributed by atoms with Crippen LogP contribution in [0.1, 0.15) is 34.3 Å². The van der Waals surface area contributed by atoms with Crippen LogP contribution in [0.25, 0.3) is 0 Å². The molecule has 0 saturated carbocycles. The van der Waals surface area contributed by atoms with Crippen LogP contribution in [0.2, 0.25) is 0 Å². The van der Waals surface area contributed by atoms with Crippen LogP contribution in [0, 0.1) is 10.7 Å². The van der Waals surface area contributed by atoms with Crippen LogP contribution in [-0.2, 0) is 16.5 Å². The van der Waals surface area contributed by atoms with Crippen LogP contribution in [-0.4, -0.2) is 19.1 Å². The molecule has 1 heterocycles. The highest BCUT2D eigenvalue weighted by atomic mass is 127. The van der Waals surface area contributed by atoms with Crippen molar-refractivity contribution >= 4 is 73.7 Å². The van der Waals surface area contributed by atoms with E-state index in [0.717, 1.165) is 22.8 Å². The van der Waals surface area contributed by atoms with Gasteiger partial charge >= 0.3 is 12.1 Å². The topological polar surface area (TPSA) is 38.3 Å². The van der Waals surface area contributed by atoms with Gasteiger partial charge in [0.1, 0.15) is 5.60 Å². The summed E-state index contributed by atoms with van der Waals surface area (Å²) >= 11 is 6.43. The summed E-state index contributed by atoms with van der Waals surface area (Å²) in [5, 5.41) is 3.21. The number of alkyl halides is 3. The molecule has 1 N–H and O–H groups in total. The second kappa shape index (κ2) is 8.92. The van der Waals surface area contributed by atoms with E-state index in [-0.39, 0.29) is 0 Å². The Hall–Kier alpha value is -0.150. The lowest BCUT2D eigenvalue weighted by atomic mass is 9.84. The van der Waals surface area contributed by atoms with E-state index in [4.69, 9.17) is 4.74 Å². The minimum Gasteiger partial charge on any atom is -0.450 e. The first kappa shape index (κ1) is 22.5. The van der Waals surface area contributed by atoms with E-state index in [0.29, 0.717) is 37.1 Å². The van der Waals surface area contributed by atoms with E-state index < -0.39 is 23.3 Å². The van der Waals surface area contributed by atoms with Gasteiger partial charge in [0.2, 0.25) is 0 Å². The third-order valence-corrected chi connectivity index (χ3v) is 8.32. The van der Waals surface area contributed by atoms with Crippen molar-refractivity contribution in [2.45, 2.75) is 24.6 Å². The molecule has 2 aromatic carbocycles. The van der Waals surface area contributed by atoms with Crippen LogP contribution in [0.5, 0.6) is 0 Å². The van der Waals surface area contributed by atoms with Crippen molar-refractivity contribution in [2.24, 2.45) is 0 Å². The molecule has 150 valence electrons. The van der Waals surface area contributed by atoms with E-state index in [1.165, 1.54) is 12.1 Å². The molecule has 1 aliphatic rings. The van der Waals surface area contributed by atoms with Gasteiger partial charge < -0.3 is 10.1 Å². The Kier molecular flexibility index (Phi) is 7.18. The van der Waals surface area contributed by atoms with Gasteiger partial charge in [-0.2, -0.15) is 13.2 Å². The SMILES string of the molecule is O=C(OC1(c2ccc(C(F)(F)F)cc2)CCNCC1)c1cc(I)cc(I)c1I. The van der Waals surface area contributed by atoms with Crippen LogP contribution < -0.4 is 5.32 Å². The number of carbonyl (C=O) groups excluding carboxylic acids is 1. The fourth-order valence-electron chi connectivity index (χ4n) is 3.18. The maximum absolute atomic E-state index is 13.0. The fourth-order valence-corrected chi connectivity index (χ4v) is 5.56. The number of halogens is 6. The molecule has 0 unspecified atom stereocenters. The zero-order chi connectivity index (χ0) is 20.5. The predicted octanol–water partition coefficient (Wildman–Crippen LogP) is 5.95. The van der Waals surface area contributed by atoms with Gasteiger partial charge in [0.15, 0.2) is 0 Å². The molecule has 1 aliphatic heterocycles. The molecule has 9 heteroatoms. The normalized spacial score (nSPS) is 16.6. The Morgan fingerprint density at radius 2 is 1.64 bits per heavy atom. The van der Waals surface area contributed by atoms with Gasteiger partial charge in [-0.25, -0.2) is 4.79 Å². The molecule has 2 aromatic rings. The highest BCUT2D eigenvalue weighted by Crippen LogP contribution is 2.38. The third-order valence-electron chi connectivity index (χ3n) is 4.65. The molecule has 0 radical (unpaired) electrons. The first-order chi connectivity index (χ1) is 13.1. The zero-order valence-corrected chi connectivity index (χ0v) is 20.8. The third kappa shape index (κ3) is 4.94. The lowest BCUT2D eigenvalue weighted by molar-refractivity contribution is -0.137. The van der Waals surface area contributed by atoms with E-state index in [2.05, 4.69) is 73.1 Å². The van der Waals surface area contributed by atoms with Crippen molar-refractivity contribution in [1.82, 2.24) is 5.32 Å². The van der Waals surface area contributed by atoms with Gasteiger partial charge in [-0.3, -0.25) is 0 Å². The first-order valence-corrected chi connectivity index (χ1v) is 11.6. The number of ether oxygens (including phenoxy) is 1. The zero-order valence-electron chi connectivity index (χ0n) is 14.4. The summed E-state index contributed by atoms with van der Waals surface area (Å²) in [7, 11) is 0. The minimum absolute atomic E-state index is 0.456.